The lowest BCUT2D eigenvalue weighted by molar-refractivity contribution is -0.123. The number of anilines is 2. The Morgan fingerprint density at radius 3 is 2.71 bits per heavy atom. The molecular formula is C20H21N5O3. The number of benzene rings is 1. The molecule has 3 heterocycles. The number of nitrogen functional groups attached to an aromatic ring is 1. The number of fused-ring (bicyclic) bond motifs is 1. The largest absolute Gasteiger partial charge is 0.486 e. The second-order valence-corrected chi connectivity index (χ2v) is 7.00. The Balaban J connectivity index is 1.56. The molecule has 0 fully saturated rings. The molecule has 28 heavy (non-hydrogen) atoms. The Bertz CT molecular complexity index is 1030. The molecular weight excluding hydrogens is 358 g/mol. The number of nitrogens with zero attached hydrogens (tertiary/aromatic N) is 3. The standard InChI is InChI=1S/C20H21N5O3/c1-20(2,25-12-14(21)11-22-25)19(26)24-18-5-3-4-15(23-18)13-6-7-16-17(10-13)28-9-8-27-16/h3-7,10-12H,8-9,21H2,1-2H3,(H,23,24,26). The van der Waals surface area contributed by atoms with Gasteiger partial charge in [0.25, 0.3) is 5.91 Å². The number of carbonyl (C=O) groups is 1. The fourth-order valence-corrected chi connectivity index (χ4v) is 2.88. The first-order valence-electron chi connectivity index (χ1n) is 8.93. The van der Waals surface area contributed by atoms with Gasteiger partial charge in [-0.3, -0.25) is 9.48 Å². The molecule has 0 bridgehead atoms. The van der Waals surface area contributed by atoms with Crippen LogP contribution in [-0.4, -0.2) is 33.9 Å². The first-order chi connectivity index (χ1) is 13.4. The van der Waals surface area contributed by atoms with Gasteiger partial charge in [-0.2, -0.15) is 5.10 Å². The zero-order valence-corrected chi connectivity index (χ0v) is 15.7. The molecule has 0 unspecified atom stereocenters. The van der Waals surface area contributed by atoms with Crippen LogP contribution in [0.3, 0.4) is 0 Å². The molecule has 1 aliphatic heterocycles. The number of nitrogens with one attached hydrogen (secondary N) is 1. The van der Waals surface area contributed by atoms with E-state index in [1.54, 1.807) is 26.1 Å². The molecule has 1 amide bonds. The van der Waals surface area contributed by atoms with Gasteiger partial charge in [0.15, 0.2) is 11.5 Å². The second-order valence-electron chi connectivity index (χ2n) is 7.00. The van der Waals surface area contributed by atoms with Crippen LogP contribution in [0.15, 0.2) is 48.8 Å². The molecule has 144 valence electrons. The zero-order valence-electron chi connectivity index (χ0n) is 15.7. The van der Waals surface area contributed by atoms with E-state index in [0.717, 1.165) is 17.0 Å². The maximum absolute atomic E-state index is 12.8. The molecule has 8 nitrogen and oxygen atoms in total. The Morgan fingerprint density at radius 1 is 1.18 bits per heavy atom. The van der Waals surface area contributed by atoms with E-state index < -0.39 is 5.54 Å². The van der Waals surface area contributed by atoms with Crippen molar-refractivity contribution < 1.29 is 14.3 Å². The molecule has 4 rings (SSSR count). The predicted molar refractivity (Wildman–Crippen MR) is 105 cm³/mol. The number of aromatic nitrogens is 3. The fraction of sp³-hybridized carbons (Fsp3) is 0.250. The van der Waals surface area contributed by atoms with Crippen LogP contribution in [-0.2, 0) is 10.3 Å². The molecule has 8 heteroatoms. The summed E-state index contributed by atoms with van der Waals surface area (Å²) in [5.41, 5.74) is 6.88. The van der Waals surface area contributed by atoms with Gasteiger partial charge in [0, 0.05) is 11.8 Å². The summed E-state index contributed by atoms with van der Waals surface area (Å²) in [6.45, 7) is 4.59. The summed E-state index contributed by atoms with van der Waals surface area (Å²) < 4.78 is 12.7. The van der Waals surface area contributed by atoms with Gasteiger partial charge >= 0.3 is 0 Å². The maximum atomic E-state index is 12.8. The van der Waals surface area contributed by atoms with Crippen molar-refractivity contribution in [3.05, 3.63) is 48.8 Å². The minimum absolute atomic E-state index is 0.248. The van der Waals surface area contributed by atoms with E-state index in [1.807, 2.05) is 30.3 Å². The Morgan fingerprint density at radius 2 is 1.96 bits per heavy atom. The van der Waals surface area contributed by atoms with Gasteiger partial charge in [0.1, 0.15) is 24.6 Å². The summed E-state index contributed by atoms with van der Waals surface area (Å²) in [7, 11) is 0. The van der Waals surface area contributed by atoms with Crippen molar-refractivity contribution in [2.45, 2.75) is 19.4 Å². The van der Waals surface area contributed by atoms with Crippen LogP contribution in [0.5, 0.6) is 11.5 Å². The van der Waals surface area contributed by atoms with Crippen molar-refractivity contribution >= 4 is 17.4 Å². The molecule has 0 radical (unpaired) electrons. The van der Waals surface area contributed by atoms with Crippen LogP contribution in [0, 0.1) is 0 Å². The monoisotopic (exact) mass is 379 g/mol. The Labute approximate surface area is 162 Å². The van der Waals surface area contributed by atoms with E-state index in [-0.39, 0.29) is 5.91 Å². The van der Waals surface area contributed by atoms with Crippen molar-refractivity contribution in [2.75, 3.05) is 24.3 Å². The summed E-state index contributed by atoms with van der Waals surface area (Å²) in [6.07, 6.45) is 3.13. The number of amides is 1. The third-order valence-corrected chi connectivity index (χ3v) is 4.56. The third-order valence-electron chi connectivity index (χ3n) is 4.56. The molecule has 0 aliphatic carbocycles. The topological polar surface area (TPSA) is 104 Å². The van der Waals surface area contributed by atoms with Crippen LogP contribution in [0.25, 0.3) is 11.3 Å². The van der Waals surface area contributed by atoms with Gasteiger partial charge in [-0.25, -0.2) is 4.98 Å². The molecule has 3 N–H and O–H groups in total. The lowest BCUT2D eigenvalue weighted by Crippen LogP contribution is -2.40. The highest BCUT2D eigenvalue weighted by Gasteiger charge is 2.31. The SMILES string of the molecule is CC(C)(C(=O)Nc1cccc(-c2ccc3c(c2)OCCO3)n1)n1cc(N)cn1. The normalized spacial score (nSPS) is 13.2. The van der Waals surface area contributed by atoms with E-state index in [1.165, 1.54) is 10.9 Å². The van der Waals surface area contributed by atoms with Crippen LogP contribution >= 0.6 is 0 Å². The van der Waals surface area contributed by atoms with Crippen molar-refractivity contribution in [1.82, 2.24) is 14.8 Å². The number of rotatable bonds is 4. The number of ether oxygens (including phenoxy) is 2. The highest BCUT2D eigenvalue weighted by atomic mass is 16.6. The van der Waals surface area contributed by atoms with Gasteiger partial charge in [-0.1, -0.05) is 6.07 Å². The van der Waals surface area contributed by atoms with Gasteiger partial charge in [-0.15, -0.1) is 0 Å². The predicted octanol–water partition coefficient (Wildman–Crippen LogP) is 2.67. The molecule has 2 aromatic heterocycles. The van der Waals surface area contributed by atoms with E-state index in [9.17, 15) is 4.79 Å². The summed E-state index contributed by atoms with van der Waals surface area (Å²) in [5, 5.41) is 7.00. The van der Waals surface area contributed by atoms with Gasteiger partial charge in [0.05, 0.1) is 17.6 Å². The van der Waals surface area contributed by atoms with Crippen LogP contribution in [0.4, 0.5) is 11.5 Å². The summed E-state index contributed by atoms with van der Waals surface area (Å²) >= 11 is 0. The van der Waals surface area contributed by atoms with E-state index in [2.05, 4.69) is 15.4 Å². The average molecular weight is 379 g/mol. The molecule has 1 aliphatic rings. The first kappa shape index (κ1) is 17.8. The van der Waals surface area contributed by atoms with Gasteiger partial charge in [-0.05, 0) is 44.2 Å². The summed E-state index contributed by atoms with van der Waals surface area (Å²) in [6, 6.07) is 11.1. The van der Waals surface area contributed by atoms with Crippen molar-refractivity contribution in [3.63, 3.8) is 0 Å². The molecule has 3 aromatic rings. The number of pyridine rings is 1. The van der Waals surface area contributed by atoms with Gasteiger partial charge < -0.3 is 20.5 Å². The molecule has 0 spiro atoms. The van der Waals surface area contributed by atoms with E-state index >= 15 is 0 Å². The van der Waals surface area contributed by atoms with Crippen LogP contribution < -0.4 is 20.5 Å². The quantitative estimate of drug-likeness (QED) is 0.722. The fourth-order valence-electron chi connectivity index (χ4n) is 2.88. The van der Waals surface area contributed by atoms with Crippen molar-refractivity contribution in [3.8, 4) is 22.8 Å². The molecule has 1 aromatic carbocycles. The maximum Gasteiger partial charge on any atom is 0.252 e. The van der Waals surface area contributed by atoms with Gasteiger partial charge in [0.2, 0.25) is 0 Å². The second kappa shape index (κ2) is 6.88. The zero-order chi connectivity index (χ0) is 19.7. The summed E-state index contributed by atoms with van der Waals surface area (Å²) in [4.78, 5) is 17.4. The summed E-state index contributed by atoms with van der Waals surface area (Å²) in [5.74, 6) is 1.62. The minimum Gasteiger partial charge on any atom is -0.486 e. The number of carbonyl (C=O) groups excluding carboxylic acids is 1. The minimum atomic E-state index is -0.924. The van der Waals surface area contributed by atoms with Crippen LogP contribution in [0.1, 0.15) is 13.8 Å². The number of nitrogens with two attached hydrogens (primary N) is 1. The smallest absolute Gasteiger partial charge is 0.252 e. The highest BCUT2D eigenvalue weighted by Crippen LogP contribution is 2.34. The Kier molecular flexibility index (Phi) is 4.38. The molecule has 0 atom stereocenters. The van der Waals surface area contributed by atoms with Crippen molar-refractivity contribution in [2.24, 2.45) is 0 Å². The molecule has 0 saturated carbocycles. The van der Waals surface area contributed by atoms with E-state index in [0.29, 0.717) is 30.5 Å². The lowest BCUT2D eigenvalue weighted by atomic mass is 10.1. The van der Waals surface area contributed by atoms with E-state index in [4.69, 9.17) is 15.2 Å². The highest BCUT2D eigenvalue weighted by molar-refractivity contribution is 5.95. The Hall–Kier alpha value is -3.55. The van der Waals surface area contributed by atoms with Crippen molar-refractivity contribution in [1.29, 1.82) is 0 Å². The lowest BCUT2D eigenvalue weighted by Gasteiger charge is -2.24. The number of hydrogen-bond acceptors (Lipinski definition) is 6. The average Bonchev–Trinajstić information content (AvgIpc) is 3.15. The first-order valence-corrected chi connectivity index (χ1v) is 8.93. The third kappa shape index (κ3) is 3.36. The van der Waals surface area contributed by atoms with Crippen LogP contribution in [0.2, 0.25) is 0 Å². The number of hydrogen-bond donors (Lipinski definition) is 2. The molecule has 0 saturated heterocycles.